The van der Waals surface area contributed by atoms with E-state index in [9.17, 15) is 12.8 Å². The molecule has 0 atom stereocenters. The summed E-state index contributed by atoms with van der Waals surface area (Å²) in [6.45, 7) is 2.47. The summed E-state index contributed by atoms with van der Waals surface area (Å²) in [5, 5.41) is 2.86. The fourth-order valence-corrected chi connectivity index (χ4v) is 2.04. The van der Waals surface area contributed by atoms with Gasteiger partial charge in [-0.25, -0.2) is 17.5 Å². The molecule has 0 aliphatic carbocycles. The van der Waals surface area contributed by atoms with Crippen molar-refractivity contribution < 1.29 is 17.5 Å². The molecule has 6 nitrogen and oxygen atoms in total. The lowest BCUT2D eigenvalue weighted by Gasteiger charge is -2.13. The van der Waals surface area contributed by atoms with E-state index in [2.05, 4.69) is 10.0 Å². The normalized spacial score (nSPS) is 11.3. The number of sulfonamides is 1. The third kappa shape index (κ3) is 4.86. The third-order valence-electron chi connectivity index (χ3n) is 2.56. The van der Waals surface area contributed by atoms with Gasteiger partial charge in [0.25, 0.3) is 0 Å². The van der Waals surface area contributed by atoms with E-state index in [4.69, 9.17) is 10.5 Å². The molecule has 0 aliphatic rings. The summed E-state index contributed by atoms with van der Waals surface area (Å²) < 4.78 is 43.6. The van der Waals surface area contributed by atoms with Crippen LogP contribution in [0.15, 0.2) is 12.1 Å². The monoisotopic (exact) mass is 305 g/mol. The largest absolute Gasteiger partial charge is 0.490 e. The first-order valence-electron chi connectivity index (χ1n) is 6.26. The Labute approximate surface area is 118 Å². The van der Waals surface area contributed by atoms with Crippen molar-refractivity contribution in [2.24, 2.45) is 0 Å². The topological polar surface area (TPSA) is 93.4 Å². The van der Waals surface area contributed by atoms with E-state index in [0.717, 1.165) is 12.5 Å². The summed E-state index contributed by atoms with van der Waals surface area (Å²) in [6.07, 6.45) is 0.757. The van der Waals surface area contributed by atoms with Gasteiger partial charge in [-0.2, -0.15) is 0 Å². The van der Waals surface area contributed by atoms with Gasteiger partial charge in [0.1, 0.15) is 0 Å². The Bertz CT molecular complexity index is 549. The lowest BCUT2D eigenvalue weighted by molar-refractivity contribution is 0.301. The van der Waals surface area contributed by atoms with Gasteiger partial charge < -0.3 is 15.8 Å². The number of benzene rings is 1. The maximum absolute atomic E-state index is 13.6. The average Bonchev–Trinajstić information content (AvgIpc) is 2.40. The zero-order chi connectivity index (χ0) is 15.2. The number of ether oxygens (including phenoxy) is 1. The van der Waals surface area contributed by atoms with Crippen LogP contribution in [0.25, 0.3) is 0 Å². The zero-order valence-corrected chi connectivity index (χ0v) is 12.4. The Morgan fingerprint density at radius 1 is 1.40 bits per heavy atom. The molecule has 4 N–H and O–H groups in total. The minimum absolute atomic E-state index is 0.0972. The molecule has 1 aromatic rings. The number of nitrogens with one attached hydrogen (secondary N) is 2. The van der Waals surface area contributed by atoms with E-state index in [-0.39, 0.29) is 23.7 Å². The first kappa shape index (κ1) is 16.5. The van der Waals surface area contributed by atoms with E-state index in [1.54, 1.807) is 0 Å². The summed E-state index contributed by atoms with van der Waals surface area (Å²) in [4.78, 5) is 0. The van der Waals surface area contributed by atoms with E-state index >= 15 is 0 Å². The molecule has 0 amide bonds. The fraction of sp³-hybridized carbons (Fsp3) is 0.500. The number of hydrogen-bond donors (Lipinski definition) is 3. The quantitative estimate of drug-likeness (QED) is 0.627. The SMILES string of the molecule is CCCOc1cc(NCCS(=O)(=O)NC)c(N)cc1F. The molecule has 0 heterocycles. The second-order valence-corrected chi connectivity index (χ2v) is 6.21. The minimum atomic E-state index is -3.29. The number of halogens is 1. The van der Waals surface area contributed by atoms with E-state index < -0.39 is 15.8 Å². The van der Waals surface area contributed by atoms with Crippen LogP contribution in [-0.2, 0) is 10.0 Å². The Balaban J connectivity index is 2.74. The van der Waals surface area contributed by atoms with Crippen LogP contribution in [0.4, 0.5) is 15.8 Å². The Morgan fingerprint density at radius 2 is 2.10 bits per heavy atom. The van der Waals surface area contributed by atoms with Gasteiger partial charge in [-0.05, 0) is 13.5 Å². The van der Waals surface area contributed by atoms with E-state index in [1.807, 2.05) is 6.92 Å². The molecule has 0 radical (unpaired) electrons. The van der Waals surface area contributed by atoms with Crippen LogP contribution in [0, 0.1) is 5.82 Å². The molecule has 0 fully saturated rings. The van der Waals surface area contributed by atoms with Crippen molar-refractivity contribution in [3.8, 4) is 5.75 Å². The zero-order valence-electron chi connectivity index (χ0n) is 11.6. The van der Waals surface area contributed by atoms with Gasteiger partial charge in [-0.3, -0.25) is 0 Å². The van der Waals surface area contributed by atoms with Gasteiger partial charge in [-0.15, -0.1) is 0 Å². The molecule has 0 aromatic heterocycles. The van der Waals surface area contributed by atoms with Gasteiger partial charge in [0, 0.05) is 18.7 Å². The molecule has 114 valence electrons. The third-order valence-corrected chi connectivity index (χ3v) is 3.93. The van der Waals surface area contributed by atoms with Crippen LogP contribution < -0.4 is 20.5 Å². The lowest BCUT2D eigenvalue weighted by atomic mass is 10.2. The molecule has 0 bridgehead atoms. The molecule has 1 aromatic carbocycles. The first-order valence-corrected chi connectivity index (χ1v) is 7.91. The number of nitrogens with two attached hydrogens (primary N) is 1. The predicted molar refractivity (Wildman–Crippen MR) is 77.9 cm³/mol. The highest BCUT2D eigenvalue weighted by molar-refractivity contribution is 7.89. The van der Waals surface area contributed by atoms with E-state index in [0.29, 0.717) is 12.3 Å². The Hall–Kier alpha value is -1.54. The molecular formula is C12H20FN3O3S. The summed E-state index contributed by atoms with van der Waals surface area (Å²) in [5.74, 6) is -0.546. The highest BCUT2D eigenvalue weighted by Gasteiger charge is 2.11. The number of rotatable bonds is 8. The smallest absolute Gasteiger partial charge is 0.213 e. The van der Waals surface area contributed by atoms with Gasteiger partial charge in [0.05, 0.1) is 23.7 Å². The first-order chi connectivity index (χ1) is 9.39. The maximum Gasteiger partial charge on any atom is 0.213 e. The predicted octanol–water partition coefficient (Wildman–Crippen LogP) is 1.16. The van der Waals surface area contributed by atoms with Crippen molar-refractivity contribution in [1.82, 2.24) is 4.72 Å². The van der Waals surface area contributed by atoms with Gasteiger partial charge in [0.15, 0.2) is 11.6 Å². The van der Waals surface area contributed by atoms with Crippen LogP contribution in [0.2, 0.25) is 0 Å². The molecule has 1 rings (SSSR count). The number of hydrogen-bond acceptors (Lipinski definition) is 5. The van der Waals surface area contributed by atoms with Gasteiger partial charge in [-0.1, -0.05) is 6.92 Å². The van der Waals surface area contributed by atoms with Crippen LogP contribution in [-0.4, -0.2) is 34.4 Å². The van der Waals surface area contributed by atoms with Gasteiger partial charge in [0.2, 0.25) is 10.0 Å². The molecule has 20 heavy (non-hydrogen) atoms. The van der Waals surface area contributed by atoms with Crippen molar-refractivity contribution in [2.45, 2.75) is 13.3 Å². The molecule has 8 heteroatoms. The molecule has 0 saturated heterocycles. The number of anilines is 2. The van der Waals surface area contributed by atoms with Crippen LogP contribution in [0.3, 0.4) is 0 Å². The Kier molecular flexibility index (Phi) is 6.03. The van der Waals surface area contributed by atoms with Crippen LogP contribution >= 0.6 is 0 Å². The molecule has 0 spiro atoms. The van der Waals surface area contributed by atoms with Crippen molar-refractivity contribution in [3.05, 3.63) is 17.9 Å². The Morgan fingerprint density at radius 3 is 2.70 bits per heavy atom. The van der Waals surface area contributed by atoms with Crippen molar-refractivity contribution in [2.75, 3.05) is 37.0 Å². The minimum Gasteiger partial charge on any atom is -0.490 e. The van der Waals surface area contributed by atoms with Crippen molar-refractivity contribution >= 4 is 21.4 Å². The average molecular weight is 305 g/mol. The summed E-state index contributed by atoms with van der Waals surface area (Å²) in [6, 6.07) is 2.59. The standard InChI is InChI=1S/C12H20FN3O3S/c1-3-5-19-12-8-11(10(14)7-9(12)13)16-4-6-20(17,18)15-2/h7-8,15-16H,3-6,14H2,1-2H3. The van der Waals surface area contributed by atoms with Crippen molar-refractivity contribution in [1.29, 1.82) is 0 Å². The molecule has 0 unspecified atom stereocenters. The summed E-state index contributed by atoms with van der Waals surface area (Å²) >= 11 is 0. The molecule has 0 aliphatic heterocycles. The van der Waals surface area contributed by atoms with Crippen LogP contribution in [0.1, 0.15) is 13.3 Å². The summed E-state index contributed by atoms with van der Waals surface area (Å²) in [7, 11) is -1.95. The summed E-state index contributed by atoms with van der Waals surface area (Å²) in [5.41, 5.74) is 6.33. The molecular weight excluding hydrogens is 285 g/mol. The second kappa shape index (κ2) is 7.30. The van der Waals surface area contributed by atoms with Gasteiger partial charge >= 0.3 is 0 Å². The van der Waals surface area contributed by atoms with Crippen LogP contribution in [0.5, 0.6) is 5.75 Å². The highest BCUT2D eigenvalue weighted by atomic mass is 32.2. The maximum atomic E-state index is 13.6. The van der Waals surface area contributed by atoms with E-state index in [1.165, 1.54) is 13.1 Å². The second-order valence-electron chi connectivity index (χ2n) is 4.17. The molecule has 0 saturated carbocycles. The number of nitrogen functional groups attached to an aromatic ring is 1. The fourth-order valence-electron chi connectivity index (χ4n) is 1.47. The lowest BCUT2D eigenvalue weighted by Crippen LogP contribution is -2.26. The highest BCUT2D eigenvalue weighted by Crippen LogP contribution is 2.28. The van der Waals surface area contributed by atoms with Crippen molar-refractivity contribution in [3.63, 3.8) is 0 Å².